The first-order valence-electron chi connectivity index (χ1n) is 9.87. The number of nitrogens with zero attached hydrogens (tertiary/aromatic N) is 2. The maximum absolute atomic E-state index is 13.4. The maximum atomic E-state index is 13.4. The zero-order valence-corrected chi connectivity index (χ0v) is 16.9. The fourth-order valence-corrected chi connectivity index (χ4v) is 3.57. The lowest BCUT2D eigenvalue weighted by molar-refractivity contribution is 0.0999. The summed E-state index contributed by atoms with van der Waals surface area (Å²) in [5, 5.41) is 11.8. The molecule has 0 bridgehead atoms. The minimum atomic E-state index is -0.530. The lowest BCUT2D eigenvalue weighted by Crippen LogP contribution is -2.17. The molecule has 0 saturated carbocycles. The van der Waals surface area contributed by atoms with E-state index < -0.39 is 5.91 Å². The Morgan fingerprint density at radius 1 is 0.903 bits per heavy atom. The number of benzene rings is 3. The predicted molar refractivity (Wildman–Crippen MR) is 120 cm³/mol. The summed E-state index contributed by atoms with van der Waals surface area (Å²) in [5.41, 5.74) is 10.1. The Balaban J connectivity index is 1.69. The number of halogens is 1. The number of carbonyl (C=O) groups is 1. The molecule has 31 heavy (non-hydrogen) atoms. The summed E-state index contributed by atoms with van der Waals surface area (Å²) in [6, 6.07) is 25.0. The molecule has 1 amide bonds. The molecule has 0 aliphatic carbocycles. The molecule has 0 spiro atoms. The lowest BCUT2D eigenvalue weighted by atomic mass is 9.88. The zero-order chi connectivity index (χ0) is 21.8. The van der Waals surface area contributed by atoms with Crippen molar-refractivity contribution in [3.05, 3.63) is 107 Å². The Kier molecular flexibility index (Phi) is 5.71. The number of rotatable bonds is 6. The van der Waals surface area contributed by atoms with Crippen molar-refractivity contribution in [2.45, 2.75) is 12.8 Å². The number of amides is 1. The standard InChI is InChI=1S/C25H21FN4O/c1-16(17-10-12-19(26)13-11-17)24-20(25(27)31)8-5-9-22(24)28-23-15-14-21(29-30-23)18-6-3-2-4-7-18/h2-16H,1H3,(H2,27,31)(H,28,30). The third-order valence-electron chi connectivity index (χ3n) is 5.17. The monoisotopic (exact) mass is 412 g/mol. The highest BCUT2D eigenvalue weighted by atomic mass is 19.1. The number of carbonyl (C=O) groups excluding carboxylic acids is 1. The summed E-state index contributed by atoms with van der Waals surface area (Å²) >= 11 is 0. The van der Waals surface area contributed by atoms with E-state index in [4.69, 9.17) is 5.73 Å². The fourth-order valence-electron chi connectivity index (χ4n) is 3.57. The molecule has 154 valence electrons. The van der Waals surface area contributed by atoms with Gasteiger partial charge in [-0.3, -0.25) is 4.79 Å². The Labute approximate surface area is 179 Å². The van der Waals surface area contributed by atoms with E-state index in [1.54, 1.807) is 24.3 Å². The molecule has 0 radical (unpaired) electrons. The molecule has 1 aromatic heterocycles. The summed E-state index contributed by atoms with van der Waals surface area (Å²) < 4.78 is 13.4. The number of anilines is 2. The Bertz CT molecular complexity index is 1190. The van der Waals surface area contributed by atoms with Crippen LogP contribution in [-0.4, -0.2) is 16.1 Å². The summed E-state index contributed by atoms with van der Waals surface area (Å²) in [6.45, 7) is 1.95. The fraction of sp³-hybridized carbons (Fsp3) is 0.0800. The van der Waals surface area contributed by atoms with Crippen LogP contribution >= 0.6 is 0 Å². The van der Waals surface area contributed by atoms with Crippen LogP contribution in [0.5, 0.6) is 0 Å². The van der Waals surface area contributed by atoms with Crippen molar-refractivity contribution in [1.82, 2.24) is 10.2 Å². The minimum absolute atomic E-state index is 0.205. The highest BCUT2D eigenvalue weighted by Gasteiger charge is 2.20. The average molecular weight is 412 g/mol. The molecule has 3 N–H and O–H groups in total. The number of nitrogens with two attached hydrogens (primary N) is 1. The Morgan fingerprint density at radius 2 is 1.65 bits per heavy atom. The highest BCUT2D eigenvalue weighted by Crippen LogP contribution is 2.34. The van der Waals surface area contributed by atoms with Crippen LogP contribution < -0.4 is 11.1 Å². The normalized spacial score (nSPS) is 11.7. The van der Waals surface area contributed by atoms with Gasteiger partial charge in [0.05, 0.1) is 5.69 Å². The molecule has 5 nitrogen and oxygen atoms in total. The van der Waals surface area contributed by atoms with E-state index in [1.165, 1.54) is 12.1 Å². The van der Waals surface area contributed by atoms with Gasteiger partial charge >= 0.3 is 0 Å². The molecule has 0 fully saturated rings. The molecule has 1 unspecified atom stereocenters. The first-order valence-corrected chi connectivity index (χ1v) is 9.87. The smallest absolute Gasteiger partial charge is 0.249 e. The van der Waals surface area contributed by atoms with Crippen LogP contribution in [0.25, 0.3) is 11.3 Å². The molecule has 1 heterocycles. The van der Waals surface area contributed by atoms with Gasteiger partial charge in [-0.2, -0.15) is 0 Å². The molecule has 0 aliphatic heterocycles. The second kappa shape index (κ2) is 8.75. The van der Waals surface area contributed by atoms with Gasteiger partial charge < -0.3 is 11.1 Å². The van der Waals surface area contributed by atoms with Crippen LogP contribution in [0, 0.1) is 5.82 Å². The van der Waals surface area contributed by atoms with Gasteiger partial charge in [0.2, 0.25) is 5.91 Å². The third kappa shape index (κ3) is 4.43. The van der Waals surface area contributed by atoms with Gasteiger partial charge in [-0.05, 0) is 47.5 Å². The van der Waals surface area contributed by atoms with Gasteiger partial charge in [-0.1, -0.05) is 55.5 Å². The largest absolute Gasteiger partial charge is 0.366 e. The van der Waals surface area contributed by atoms with E-state index in [2.05, 4.69) is 15.5 Å². The van der Waals surface area contributed by atoms with Crippen LogP contribution in [0.4, 0.5) is 15.9 Å². The van der Waals surface area contributed by atoms with Gasteiger partial charge in [-0.15, -0.1) is 10.2 Å². The minimum Gasteiger partial charge on any atom is -0.366 e. The van der Waals surface area contributed by atoms with Gasteiger partial charge in [-0.25, -0.2) is 4.39 Å². The number of nitrogens with one attached hydrogen (secondary N) is 1. The molecular weight excluding hydrogens is 391 g/mol. The summed E-state index contributed by atoms with van der Waals surface area (Å²) in [4.78, 5) is 12.1. The molecule has 4 rings (SSSR count). The van der Waals surface area contributed by atoms with Crippen LogP contribution in [-0.2, 0) is 0 Å². The second-order valence-electron chi connectivity index (χ2n) is 7.20. The number of primary amides is 1. The van der Waals surface area contributed by atoms with Gasteiger partial charge in [0, 0.05) is 22.7 Å². The van der Waals surface area contributed by atoms with Crippen LogP contribution in [0.2, 0.25) is 0 Å². The first kappa shape index (κ1) is 20.2. The van der Waals surface area contributed by atoms with Gasteiger partial charge in [0.15, 0.2) is 5.82 Å². The summed E-state index contributed by atoms with van der Waals surface area (Å²) in [5.74, 6) is -0.512. The topological polar surface area (TPSA) is 80.9 Å². The first-order chi connectivity index (χ1) is 15.0. The molecule has 6 heteroatoms. The molecule has 0 aliphatic rings. The maximum Gasteiger partial charge on any atom is 0.249 e. The van der Waals surface area contributed by atoms with Crippen LogP contribution in [0.3, 0.4) is 0 Å². The van der Waals surface area contributed by atoms with Crippen molar-refractivity contribution in [2.24, 2.45) is 5.73 Å². The van der Waals surface area contributed by atoms with Gasteiger partial charge in [0.1, 0.15) is 5.82 Å². The van der Waals surface area contributed by atoms with Crippen LogP contribution in [0.1, 0.15) is 34.3 Å². The highest BCUT2D eigenvalue weighted by molar-refractivity contribution is 5.96. The summed E-state index contributed by atoms with van der Waals surface area (Å²) in [7, 11) is 0. The van der Waals surface area contributed by atoms with E-state index in [-0.39, 0.29) is 11.7 Å². The Morgan fingerprint density at radius 3 is 2.29 bits per heavy atom. The molecular formula is C25H21FN4O. The molecule has 4 aromatic rings. The van der Waals surface area contributed by atoms with E-state index in [0.717, 1.165) is 22.4 Å². The Hall–Kier alpha value is -4.06. The van der Waals surface area contributed by atoms with E-state index in [0.29, 0.717) is 17.1 Å². The van der Waals surface area contributed by atoms with Crippen molar-refractivity contribution in [3.8, 4) is 11.3 Å². The second-order valence-corrected chi connectivity index (χ2v) is 7.20. The predicted octanol–water partition coefficient (Wildman–Crippen LogP) is 5.28. The number of hydrogen-bond donors (Lipinski definition) is 2. The summed E-state index contributed by atoms with van der Waals surface area (Å²) in [6.07, 6.45) is 0. The average Bonchev–Trinajstić information content (AvgIpc) is 2.80. The van der Waals surface area contributed by atoms with Crippen molar-refractivity contribution >= 4 is 17.4 Å². The van der Waals surface area contributed by atoms with Crippen molar-refractivity contribution in [3.63, 3.8) is 0 Å². The SMILES string of the molecule is CC(c1ccc(F)cc1)c1c(Nc2ccc(-c3ccccc3)nn2)cccc1C(N)=O. The van der Waals surface area contributed by atoms with Crippen molar-refractivity contribution < 1.29 is 9.18 Å². The number of aromatic nitrogens is 2. The zero-order valence-electron chi connectivity index (χ0n) is 16.9. The number of hydrogen-bond acceptors (Lipinski definition) is 4. The van der Waals surface area contributed by atoms with E-state index in [9.17, 15) is 9.18 Å². The van der Waals surface area contributed by atoms with E-state index in [1.807, 2.05) is 55.5 Å². The van der Waals surface area contributed by atoms with Gasteiger partial charge in [0.25, 0.3) is 0 Å². The van der Waals surface area contributed by atoms with Crippen molar-refractivity contribution in [2.75, 3.05) is 5.32 Å². The molecule has 1 atom stereocenters. The van der Waals surface area contributed by atoms with E-state index >= 15 is 0 Å². The quantitative estimate of drug-likeness (QED) is 0.452. The third-order valence-corrected chi connectivity index (χ3v) is 5.17. The molecule has 0 saturated heterocycles. The molecule has 3 aromatic carbocycles. The van der Waals surface area contributed by atoms with Crippen LogP contribution in [0.15, 0.2) is 84.9 Å². The van der Waals surface area contributed by atoms with Crippen molar-refractivity contribution in [1.29, 1.82) is 0 Å². The lowest BCUT2D eigenvalue weighted by Gasteiger charge is -2.20.